The summed E-state index contributed by atoms with van der Waals surface area (Å²) in [7, 11) is 0. The van der Waals surface area contributed by atoms with E-state index in [0.717, 1.165) is 22.5 Å². The molecule has 0 aliphatic carbocycles. The van der Waals surface area contributed by atoms with E-state index in [-0.39, 0.29) is 37.2 Å². The average molecular weight is 371 g/mol. The number of hydrogen-bond donors (Lipinski definition) is 0. The molecule has 1 aromatic carbocycles. The molecule has 1 aliphatic heterocycles. The van der Waals surface area contributed by atoms with Crippen molar-refractivity contribution in [3.05, 3.63) is 51.7 Å². The monoisotopic (exact) mass is 371 g/mol. The molecule has 0 bridgehead atoms. The normalized spacial score (nSPS) is 15.6. The zero-order valence-electron chi connectivity index (χ0n) is 14.9. The Bertz CT molecular complexity index is 842. The molecule has 2 aromatic rings. The fraction of sp³-hybridized carbons (Fsp3) is 0.350. The fourth-order valence-electron chi connectivity index (χ4n) is 3.15. The van der Waals surface area contributed by atoms with Crippen LogP contribution in [0.1, 0.15) is 39.9 Å². The van der Waals surface area contributed by atoms with Gasteiger partial charge in [-0.1, -0.05) is 18.2 Å². The number of Topliss-reactive ketones (excluding diaryl/α,β-unsaturated/α-hetero) is 1. The van der Waals surface area contributed by atoms with E-state index < -0.39 is 5.97 Å². The van der Waals surface area contributed by atoms with E-state index in [2.05, 4.69) is 0 Å². The lowest BCUT2D eigenvalue weighted by Crippen LogP contribution is -2.38. The number of amides is 1. The standard InChI is InChI=1S/C20H21NO4S/c1-13-11-15-5-3-4-6-16(15)21(13)19(23)12-25-20(24)10-8-17(22)18-9-7-14(2)26-18/h3-7,9,13H,8,10-12H2,1-2H3/t13-/m0/s1. The van der Waals surface area contributed by atoms with E-state index in [1.807, 2.05) is 44.2 Å². The summed E-state index contributed by atoms with van der Waals surface area (Å²) in [5.74, 6) is -0.843. The number of esters is 1. The number of hydrogen-bond acceptors (Lipinski definition) is 5. The van der Waals surface area contributed by atoms with Gasteiger partial charge in [0.05, 0.1) is 11.3 Å². The second kappa shape index (κ2) is 7.83. The van der Waals surface area contributed by atoms with Crippen LogP contribution in [-0.2, 0) is 20.7 Å². The first-order chi connectivity index (χ1) is 12.5. The number of carbonyl (C=O) groups excluding carboxylic acids is 3. The Morgan fingerprint density at radius 3 is 2.65 bits per heavy atom. The van der Waals surface area contributed by atoms with Crippen LogP contribution < -0.4 is 4.90 Å². The number of carbonyl (C=O) groups is 3. The molecule has 0 radical (unpaired) electrons. The molecule has 5 nitrogen and oxygen atoms in total. The van der Waals surface area contributed by atoms with Crippen molar-refractivity contribution in [3.8, 4) is 0 Å². The highest BCUT2D eigenvalue weighted by Gasteiger charge is 2.30. The first-order valence-electron chi connectivity index (χ1n) is 8.61. The first-order valence-corrected chi connectivity index (χ1v) is 9.42. The molecule has 0 saturated heterocycles. The summed E-state index contributed by atoms with van der Waals surface area (Å²) in [5.41, 5.74) is 2.00. The van der Waals surface area contributed by atoms with Gasteiger partial charge in [0.1, 0.15) is 0 Å². The van der Waals surface area contributed by atoms with Gasteiger partial charge in [-0.2, -0.15) is 0 Å². The lowest BCUT2D eigenvalue weighted by Gasteiger charge is -2.22. The highest BCUT2D eigenvalue weighted by molar-refractivity contribution is 7.14. The smallest absolute Gasteiger partial charge is 0.306 e. The minimum atomic E-state index is -0.528. The van der Waals surface area contributed by atoms with Gasteiger partial charge in [-0.25, -0.2) is 0 Å². The van der Waals surface area contributed by atoms with Crippen LogP contribution in [0.2, 0.25) is 0 Å². The number of ketones is 1. The topological polar surface area (TPSA) is 63.7 Å². The number of anilines is 1. The van der Waals surface area contributed by atoms with Gasteiger partial charge < -0.3 is 9.64 Å². The van der Waals surface area contributed by atoms with E-state index in [4.69, 9.17) is 4.74 Å². The summed E-state index contributed by atoms with van der Waals surface area (Å²) in [4.78, 5) is 39.8. The van der Waals surface area contributed by atoms with Gasteiger partial charge in [-0.3, -0.25) is 14.4 Å². The molecular formula is C20H21NO4S. The SMILES string of the molecule is Cc1ccc(C(=O)CCC(=O)OCC(=O)N2c3ccccc3C[C@@H]2C)s1. The zero-order chi connectivity index (χ0) is 18.7. The van der Waals surface area contributed by atoms with Crippen molar-refractivity contribution < 1.29 is 19.1 Å². The van der Waals surface area contributed by atoms with E-state index in [0.29, 0.717) is 4.88 Å². The summed E-state index contributed by atoms with van der Waals surface area (Å²) >= 11 is 1.41. The second-order valence-electron chi connectivity index (χ2n) is 6.44. The number of nitrogens with zero attached hydrogens (tertiary/aromatic N) is 1. The average Bonchev–Trinajstić information content (AvgIpc) is 3.20. The molecule has 0 N–H and O–H groups in total. The lowest BCUT2D eigenvalue weighted by molar-refractivity contribution is -0.147. The maximum Gasteiger partial charge on any atom is 0.306 e. The van der Waals surface area contributed by atoms with Crippen LogP contribution in [0.5, 0.6) is 0 Å². The van der Waals surface area contributed by atoms with Crippen molar-refractivity contribution in [1.82, 2.24) is 0 Å². The Balaban J connectivity index is 1.49. The number of ether oxygens (including phenoxy) is 1. The van der Waals surface area contributed by atoms with Crippen molar-refractivity contribution in [2.75, 3.05) is 11.5 Å². The van der Waals surface area contributed by atoms with Crippen LogP contribution in [0.4, 0.5) is 5.69 Å². The molecule has 3 rings (SSSR count). The van der Waals surface area contributed by atoms with Gasteiger partial charge in [-0.05, 0) is 44.0 Å². The van der Waals surface area contributed by atoms with Crippen LogP contribution in [-0.4, -0.2) is 30.3 Å². The molecular weight excluding hydrogens is 350 g/mol. The molecule has 0 fully saturated rings. The van der Waals surface area contributed by atoms with Crippen molar-refractivity contribution in [2.45, 2.75) is 39.2 Å². The largest absolute Gasteiger partial charge is 0.456 e. The fourth-order valence-corrected chi connectivity index (χ4v) is 3.99. The number of benzene rings is 1. The van der Waals surface area contributed by atoms with Crippen molar-refractivity contribution in [1.29, 1.82) is 0 Å². The van der Waals surface area contributed by atoms with Crippen LogP contribution in [0.3, 0.4) is 0 Å². The van der Waals surface area contributed by atoms with E-state index in [1.165, 1.54) is 11.3 Å². The summed E-state index contributed by atoms with van der Waals surface area (Å²) in [6, 6.07) is 11.4. The summed E-state index contributed by atoms with van der Waals surface area (Å²) in [6.07, 6.45) is 0.871. The number of fused-ring (bicyclic) bond motifs is 1. The number of aryl methyl sites for hydroxylation is 1. The molecule has 6 heteroatoms. The molecule has 2 heterocycles. The molecule has 26 heavy (non-hydrogen) atoms. The van der Waals surface area contributed by atoms with E-state index in [9.17, 15) is 14.4 Å². The summed E-state index contributed by atoms with van der Waals surface area (Å²) in [5, 5.41) is 0. The van der Waals surface area contributed by atoms with Crippen LogP contribution >= 0.6 is 11.3 Å². The predicted molar refractivity (Wildman–Crippen MR) is 101 cm³/mol. The Kier molecular flexibility index (Phi) is 5.52. The van der Waals surface area contributed by atoms with E-state index in [1.54, 1.807) is 11.0 Å². The minimum Gasteiger partial charge on any atom is -0.456 e. The Morgan fingerprint density at radius 2 is 1.92 bits per heavy atom. The molecule has 1 aliphatic rings. The third kappa shape index (κ3) is 4.02. The van der Waals surface area contributed by atoms with Crippen molar-refractivity contribution in [3.63, 3.8) is 0 Å². The van der Waals surface area contributed by atoms with Gasteiger partial charge in [0.25, 0.3) is 5.91 Å². The maximum absolute atomic E-state index is 12.5. The number of rotatable bonds is 6. The molecule has 1 aromatic heterocycles. The Morgan fingerprint density at radius 1 is 1.15 bits per heavy atom. The predicted octanol–water partition coefficient (Wildman–Crippen LogP) is 3.54. The zero-order valence-corrected chi connectivity index (χ0v) is 15.7. The molecule has 1 amide bonds. The summed E-state index contributed by atoms with van der Waals surface area (Å²) in [6.45, 7) is 3.60. The van der Waals surface area contributed by atoms with Gasteiger partial charge in [0.2, 0.25) is 0 Å². The number of thiophene rings is 1. The maximum atomic E-state index is 12.5. The highest BCUT2D eigenvalue weighted by Crippen LogP contribution is 2.31. The lowest BCUT2D eigenvalue weighted by atomic mass is 10.1. The molecule has 136 valence electrons. The van der Waals surface area contributed by atoms with Crippen LogP contribution in [0, 0.1) is 6.92 Å². The van der Waals surface area contributed by atoms with Crippen LogP contribution in [0.25, 0.3) is 0 Å². The Labute approximate surface area is 156 Å². The quantitative estimate of drug-likeness (QED) is 0.575. The van der Waals surface area contributed by atoms with Gasteiger partial charge >= 0.3 is 5.97 Å². The third-order valence-corrected chi connectivity index (χ3v) is 5.45. The molecule has 1 atom stereocenters. The van der Waals surface area contributed by atoms with Crippen molar-refractivity contribution >= 4 is 34.7 Å². The first kappa shape index (κ1) is 18.3. The highest BCUT2D eigenvalue weighted by atomic mass is 32.1. The van der Waals surface area contributed by atoms with Gasteiger partial charge in [0, 0.05) is 23.0 Å². The van der Waals surface area contributed by atoms with E-state index >= 15 is 0 Å². The third-order valence-electron chi connectivity index (χ3n) is 4.40. The second-order valence-corrected chi connectivity index (χ2v) is 7.73. The Hall–Kier alpha value is -2.47. The van der Waals surface area contributed by atoms with Gasteiger partial charge in [0.15, 0.2) is 12.4 Å². The van der Waals surface area contributed by atoms with Gasteiger partial charge in [-0.15, -0.1) is 11.3 Å². The van der Waals surface area contributed by atoms with Crippen LogP contribution in [0.15, 0.2) is 36.4 Å². The van der Waals surface area contributed by atoms with Crippen molar-refractivity contribution in [2.24, 2.45) is 0 Å². The number of para-hydroxylation sites is 1. The summed E-state index contributed by atoms with van der Waals surface area (Å²) < 4.78 is 5.09. The molecule has 0 spiro atoms. The molecule has 0 saturated carbocycles. The molecule has 0 unspecified atom stereocenters. The minimum absolute atomic E-state index is 0.0186.